The fraction of sp³-hybridized carbons (Fsp3) is 0.375. The van der Waals surface area contributed by atoms with Crippen LogP contribution in [0.5, 0.6) is 0 Å². The minimum absolute atomic E-state index is 0.00853. The Morgan fingerprint density at radius 1 is 1.10 bits per heavy atom. The molecule has 1 aliphatic heterocycles. The number of carbonyl (C=O) groups is 2. The quantitative estimate of drug-likeness (QED) is 0.544. The maximum absolute atomic E-state index is 13.1. The lowest BCUT2D eigenvalue weighted by Gasteiger charge is -2.33. The predicted molar refractivity (Wildman–Crippen MR) is 125 cm³/mol. The van der Waals surface area contributed by atoms with Gasteiger partial charge in [0.15, 0.2) is 5.16 Å². The number of hydrogen-bond acceptors (Lipinski definition) is 4. The summed E-state index contributed by atoms with van der Waals surface area (Å²) in [6.45, 7) is 3.18. The van der Waals surface area contributed by atoms with Crippen LogP contribution < -0.4 is 4.90 Å². The van der Waals surface area contributed by atoms with Crippen LogP contribution in [0.4, 0.5) is 5.69 Å². The van der Waals surface area contributed by atoms with Gasteiger partial charge in [-0.25, -0.2) is 4.98 Å². The average molecular weight is 437 g/mol. The molecule has 1 aromatic heterocycles. The highest BCUT2D eigenvalue weighted by atomic mass is 32.2. The van der Waals surface area contributed by atoms with Crippen molar-refractivity contribution in [2.75, 3.05) is 24.2 Å². The van der Waals surface area contributed by atoms with Crippen LogP contribution in [0.25, 0.3) is 11.0 Å². The Kier molecular flexibility index (Phi) is 6.61. The summed E-state index contributed by atoms with van der Waals surface area (Å²) in [5.41, 5.74) is 2.62. The fourth-order valence-electron chi connectivity index (χ4n) is 4.03. The van der Waals surface area contributed by atoms with Crippen molar-refractivity contribution >= 4 is 40.3 Å². The summed E-state index contributed by atoms with van der Waals surface area (Å²) in [6.07, 6.45) is 3.29. The molecule has 6 nitrogen and oxygen atoms in total. The van der Waals surface area contributed by atoms with Gasteiger partial charge in [-0.1, -0.05) is 42.1 Å². The Morgan fingerprint density at radius 2 is 1.84 bits per heavy atom. The third kappa shape index (κ3) is 4.77. The van der Waals surface area contributed by atoms with E-state index in [4.69, 9.17) is 4.98 Å². The van der Waals surface area contributed by atoms with Crippen molar-refractivity contribution in [2.45, 2.75) is 43.9 Å². The zero-order valence-corrected chi connectivity index (χ0v) is 18.8. The summed E-state index contributed by atoms with van der Waals surface area (Å²) in [5.74, 6) is 0.360. The van der Waals surface area contributed by atoms with Crippen LogP contribution in [0.2, 0.25) is 0 Å². The first-order chi connectivity index (χ1) is 15.0. The van der Waals surface area contributed by atoms with E-state index in [0.717, 1.165) is 36.1 Å². The minimum Gasteiger partial charge on any atom is -0.338 e. The summed E-state index contributed by atoms with van der Waals surface area (Å²) in [5, 5.41) is 0.703. The summed E-state index contributed by atoms with van der Waals surface area (Å²) in [7, 11) is 1.78. The molecule has 0 N–H and O–H groups in total. The largest absolute Gasteiger partial charge is 0.338 e. The number of nitrogens with zero attached hydrogens (tertiary/aromatic N) is 4. The molecule has 2 heterocycles. The Labute approximate surface area is 187 Å². The number of piperidine rings is 1. The Bertz CT molecular complexity index is 1070. The molecular weight excluding hydrogens is 408 g/mol. The molecule has 162 valence electrons. The number of imidazole rings is 1. The highest BCUT2D eigenvalue weighted by Gasteiger charge is 2.25. The fourth-order valence-corrected chi connectivity index (χ4v) is 4.96. The number of likely N-dealkylation sites (tertiary alicyclic amines) is 1. The molecule has 31 heavy (non-hydrogen) atoms. The number of aromatic nitrogens is 2. The molecule has 1 atom stereocenters. The van der Waals surface area contributed by atoms with E-state index in [1.165, 1.54) is 18.2 Å². The summed E-state index contributed by atoms with van der Waals surface area (Å²) in [4.78, 5) is 34.2. The molecular formula is C24H28N4O2S. The third-order valence-electron chi connectivity index (χ3n) is 5.88. The third-order valence-corrected chi connectivity index (χ3v) is 6.84. The van der Waals surface area contributed by atoms with E-state index in [0.29, 0.717) is 5.16 Å². The van der Waals surface area contributed by atoms with Crippen molar-refractivity contribution < 1.29 is 9.59 Å². The smallest absolute Gasteiger partial charge is 0.242 e. The van der Waals surface area contributed by atoms with Gasteiger partial charge >= 0.3 is 0 Å². The molecule has 0 saturated carbocycles. The predicted octanol–water partition coefficient (Wildman–Crippen LogP) is 4.19. The molecule has 2 amide bonds. The molecule has 3 aromatic rings. The van der Waals surface area contributed by atoms with Crippen LogP contribution in [0.15, 0.2) is 59.8 Å². The highest BCUT2D eigenvalue weighted by molar-refractivity contribution is 7.99. The number of rotatable bonds is 6. The molecule has 1 saturated heterocycles. The van der Waals surface area contributed by atoms with E-state index in [1.54, 1.807) is 11.9 Å². The summed E-state index contributed by atoms with van der Waals surface area (Å²) < 4.78 is 1.96. The van der Waals surface area contributed by atoms with Gasteiger partial charge in [0.05, 0.1) is 16.8 Å². The lowest BCUT2D eigenvalue weighted by atomic mass is 10.0. The second-order valence-corrected chi connectivity index (χ2v) is 8.92. The average Bonchev–Trinajstić information content (AvgIpc) is 3.15. The van der Waals surface area contributed by atoms with Crippen LogP contribution in [-0.2, 0) is 16.1 Å². The maximum Gasteiger partial charge on any atom is 0.242 e. The van der Waals surface area contributed by atoms with E-state index in [-0.39, 0.29) is 30.2 Å². The zero-order chi connectivity index (χ0) is 21.8. The number of carbonyl (C=O) groups excluding carboxylic acids is 2. The number of amides is 2. The van der Waals surface area contributed by atoms with Crippen LogP contribution in [0.1, 0.15) is 26.2 Å². The van der Waals surface area contributed by atoms with E-state index >= 15 is 0 Å². The Balaban J connectivity index is 1.52. The molecule has 0 bridgehead atoms. The first kappa shape index (κ1) is 21.4. The van der Waals surface area contributed by atoms with Gasteiger partial charge in [-0.2, -0.15) is 0 Å². The van der Waals surface area contributed by atoms with E-state index in [9.17, 15) is 9.59 Å². The van der Waals surface area contributed by atoms with Crippen molar-refractivity contribution in [1.82, 2.24) is 14.5 Å². The second kappa shape index (κ2) is 9.56. The van der Waals surface area contributed by atoms with Crippen LogP contribution in [-0.4, -0.2) is 51.7 Å². The molecule has 7 heteroatoms. The number of benzene rings is 2. The molecule has 0 aliphatic carbocycles. The molecule has 0 unspecified atom stereocenters. The number of para-hydroxylation sites is 3. The van der Waals surface area contributed by atoms with E-state index < -0.39 is 0 Å². The van der Waals surface area contributed by atoms with Gasteiger partial charge < -0.3 is 14.4 Å². The van der Waals surface area contributed by atoms with Crippen molar-refractivity contribution in [3.05, 3.63) is 54.6 Å². The van der Waals surface area contributed by atoms with Crippen LogP contribution in [0.3, 0.4) is 0 Å². The SMILES string of the molecule is C[C@H]1CCCCN1C(=O)Cn1c(SCC(=O)N(C)c2ccccc2)nc2ccccc21. The number of anilines is 1. The van der Waals surface area contributed by atoms with Gasteiger partial charge in [0.25, 0.3) is 0 Å². The van der Waals surface area contributed by atoms with Crippen molar-refractivity contribution in [3.8, 4) is 0 Å². The first-order valence-electron chi connectivity index (χ1n) is 10.7. The van der Waals surface area contributed by atoms with Gasteiger partial charge in [0.2, 0.25) is 11.8 Å². The standard InChI is InChI=1S/C24H28N4O2S/c1-18-10-8-9-15-27(18)22(29)16-28-21-14-7-6-13-20(21)25-24(28)31-17-23(30)26(2)19-11-4-3-5-12-19/h3-7,11-14,18H,8-10,15-17H2,1-2H3/t18-/m0/s1. The summed E-state index contributed by atoms with van der Waals surface area (Å²) >= 11 is 1.38. The molecule has 4 rings (SSSR count). The lowest BCUT2D eigenvalue weighted by molar-refractivity contribution is -0.135. The van der Waals surface area contributed by atoms with Crippen LogP contribution in [0, 0.1) is 0 Å². The summed E-state index contributed by atoms with van der Waals surface area (Å²) in [6, 6.07) is 17.7. The number of hydrogen-bond donors (Lipinski definition) is 0. The monoisotopic (exact) mass is 436 g/mol. The zero-order valence-electron chi connectivity index (χ0n) is 18.0. The van der Waals surface area contributed by atoms with Crippen molar-refractivity contribution in [2.24, 2.45) is 0 Å². The minimum atomic E-state index is -0.00853. The molecule has 0 spiro atoms. The topological polar surface area (TPSA) is 58.4 Å². The highest BCUT2D eigenvalue weighted by Crippen LogP contribution is 2.26. The van der Waals surface area contributed by atoms with E-state index in [2.05, 4.69) is 6.92 Å². The molecule has 2 aromatic carbocycles. The molecule has 1 fully saturated rings. The first-order valence-corrected chi connectivity index (χ1v) is 11.7. The normalized spacial score (nSPS) is 16.5. The second-order valence-electron chi connectivity index (χ2n) is 7.98. The molecule has 0 radical (unpaired) electrons. The van der Waals surface area contributed by atoms with Crippen LogP contribution >= 0.6 is 11.8 Å². The van der Waals surface area contributed by atoms with Gasteiger partial charge in [-0.05, 0) is 50.5 Å². The van der Waals surface area contributed by atoms with Crippen molar-refractivity contribution in [3.63, 3.8) is 0 Å². The Morgan fingerprint density at radius 3 is 2.61 bits per heavy atom. The lowest BCUT2D eigenvalue weighted by Crippen LogP contribution is -2.43. The maximum atomic E-state index is 13.1. The van der Waals surface area contributed by atoms with Gasteiger partial charge in [-0.3, -0.25) is 9.59 Å². The van der Waals surface area contributed by atoms with Gasteiger partial charge in [0.1, 0.15) is 6.54 Å². The Hall–Kier alpha value is -2.80. The molecule has 1 aliphatic rings. The number of fused-ring (bicyclic) bond motifs is 1. The van der Waals surface area contributed by atoms with Gasteiger partial charge in [-0.15, -0.1) is 0 Å². The number of thioether (sulfide) groups is 1. The van der Waals surface area contributed by atoms with E-state index in [1.807, 2.05) is 64.1 Å². The van der Waals surface area contributed by atoms with Crippen molar-refractivity contribution in [1.29, 1.82) is 0 Å². The van der Waals surface area contributed by atoms with Gasteiger partial charge in [0, 0.05) is 25.3 Å².